The number of amides is 1. The molecule has 0 aliphatic heterocycles. The Bertz CT molecular complexity index is 1630. The van der Waals surface area contributed by atoms with E-state index in [1.807, 2.05) is 0 Å². The average molecular weight is 610 g/mol. The third-order valence-corrected chi connectivity index (χ3v) is 6.21. The number of fused-ring (bicyclic) bond motifs is 1. The van der Waals surface area contributed by atoms with Crippen LogP contribution in [0.5, 0.6) is 11.5 Å². The van der Waals surface area contributed by atoms with Crippen molar-refractivity contribution in [2.75, 3.05) is 5.32 Å². The number of anilines is 1. The summed E-state index contributed by atoms with van der Waals surface area (Å²) in [5.41, 5.74) is -1.34. The zero-order valence-corrected chi connectivity index (χ0v) is 28.6. The zero-order chi connectivity index (χ0) is 26.1. The molecule has 0 saturated carbocycles. The molecule has 0 bridgehead atoms. The van der Waals surface area contributed by atoms with Crippen LogP contribution in [0.2, 0.25) is 0 Å². The summed E-state index contributed by atoms with van der Waals surface area (Å²) >= 11 is -3.02. The second-order valence-electron chi connectivity index (χ2n) is 6.63. The molecule has 3 aromatic rings. The van der Waals surface area contributed by atoms with Gasteiger partial charge in [0.25, 0.3) is 0 Å². The van der Waals surface area contributed by atoms with Crippen LogP contribution in [0.15, 0.2) is 56.4 Å². The fourth-order valence-corrected chi connectivity index (χ4v) is 4.26. The Morgan fingerprint density at radius 1 is 1.05 bits per heavy atom. The van der Waals surface area contributed by atoms with Gasteiger partial charge >= 0.3 is 88.7 Å². The number of nitrogens with one attached hydrogen (secondary N) is 1. The Morgan fingerprint density at radius 3 is 2.21 bits per heavy atom. The van der Waals surface area contributed by atoms with Crippen LogP contribution < -0.4 is 98.2 Å². The van der Waals surface area contributed by atoms with E-state index in [4.69, 9.17) is 0 Å². The van der Waals surface area contributed by atoms with Crippen molar-refractivity contribution in [1.29, 1.82) is 0 Å². The van der Waals surface area contributed by atoms with Gasteiger partial charge < -0.3 is 28.3 Å². The zero-order valence-electron chi connectivity index (χ0n) is 20.1. The molecule has 20 heteroatoms. The van der Waals surface area contributed by atoms with Gasteiger partial charge in [-0.05, 0) is 18.2 Å². The maximum absolute atomic E-state index is 11.6. The molecule has 186 valence electrons. The maximum Gasteiger partial charge on any atom is 1.00 e. The minimum absolute atomic E-state index is 0. The molecule has 1 atom stereocenters. The van der Waals surface area contributed by atoms with Crippen LogP contribution in [0, 0.1) is 6.07 Å². The van der Waals surface area contributed by atoms with Gasteiger partial charge in [-0.2, -0.15) is 22.4 Å². The normalized spacial score (nSPS) is 12.1. The standard InChI is InChI=1S/C18H14N3O11S3.3Na/c1-9(22)19-15-8-12(34(26,27)28)6-10-2-4-13(18(23)17(10)15)20-21-14-7-11(32-33(24)25)3-5-16(14)35(29,30)31;;;/h2-3,5-8,23H,1H3,(H,19,22)(H,24,25)(H,26,27,28)(H,29,30,31);;;/q-1;3*+1/p-3. The van der Waals surface area contributed by atoms with Crippen LogP contribution in [-0.2, 0) is 36.4 Å². The fourth-order valence-electron chi connectivity index (χ4n) is 2.88. The van der Waals surface area contributed by atoms with E-state index < -0.39 is 70.2 Å². The molecular formula is C18H11N3Na3O11S3-. The van der Waals surface area contributed by atoms with Crippen molar-refractivity contribution in [3.8, 4) is 11.5 Å². The molecule has 14 nitrogen and oxygen atoms in total. The molecule has 0 aliphatic carbocycles. The number of rotatable bonds is 7. The van der Waals surface area contributed by atoms with E-state index in [1.165, 1.54) is 0 Å². The van der Waals surface area contributed by atoms with Crippen molar-refractivity contribution in [3.63, 3.8) is 0 Å². The third-order valence-electron chi connectivity index (χ3n) is 4.19. The van der Waals surface area contributed by atoms with Crippen molar-refractivity contribution in [2.45, 2.75) is 16.7 Å². The summed E-state index contributed by atoms with van der Waals surface area (Å²) in [6.45, 7) is 1.09. The SMILES string of the molecule is CC(=O)Nc1cc(S(=O)(=O)[O-])cc2c[c-]c(N=Nc3cc(OS(=O)[O-])ccc3S(=O)(=O)[O-])c(O)c12.[Na+].[Na+].[Na+]. The summed E-state index contributed by atoms with van der Waals surface area (Å²) in [5, 5.41) is 19.9. The molecule has 3 rings (SSSR count). The third kappa shape index (κ3) is 9.57. The first-order valence-corrected chi connectivity index (χ1v) is 12.7. The number of nitrogens with zero attached hydrogens (tertiary/aromatic N) is 2. The van der Waals surface area contributed by atoms with E-state index >= 15 is 0 Å². The predicted octanol–water partition coefficient (Wildman–Crippen LogP) is -7.29. The van der Waals surface area contributed by atoms with Gasteiger partial charge in [-0.1, -0.05) is 11.5 Å². The van der Waals surface area contributed by atoms with Gasteiger partial charge in [0.1, 0.15) is 43.0 Å². The van der Waals surface area contributed by atoms with E-state index in [2.05, 4.69) is 25.8 Å². The number of aromatic hydroxyl groups is 1. The number of carbonyl (C=O) groups excluding carboxylic acids is 1. The van der Waals surface area contributed by atoms with Crippen LogP contribution >= 0.6 is 0 Å². The maximum atomic E-state index is 11.6. The van der Waals surface area contributed by atoms with Crippen molar-refractivity contribution in [1.82, 2.24) is 0 Å². The van der Waals surface area contributed by atoms with Crippen LogP contribution in [0.1, 0.15) is 6.92 Å². The monoisotopic (exact) mass is 610 g/mol. The van der Waals surface area contributed by atoms with Gasteiger partial charge in [0.05, 0.1) is 4.90 Å². The van der Waals surface area contributed by atoms with Crippen molar-refractivity contribution in [3.05, 3.63) is 42.5 Å². The van der Waals surface area contributed by atoms with Crippen molar-refractivity contribution < 1.29 is 137 Å². The minimum Gasteiger partial charge on any atom is -0.744 e. The first-order chi connectivity index (χ1) is 16.2. The molecule has 0 heterocycles. The van der Waals surface area contributed by atoms with E-state index in [0.29, 0.717) is 0 Å². The molecule has 0 spiro atoms. The number of azo groups is 1. The summed E-state index contributed by atoms with van der Waals surface area (Å²) in [5.74, 6) is -1.77. The summed E-state index contributed by atoms with van der Waals surface area (Å²) in [6.07, 6.45) is 0. The van der Waals surface area contributed by atoms with E-state index in [9.17, 15) is 44.6 Å². The van der Waals surface area contributed by atoms with Gasteiger partial charge in [0.2, 0.25) is 5.91 Å². The second kappa shape index (κ2) is 14.9. The van der Waals surface area contributed by atoms with Crippen LogP contribution in [0.3, 0.4) is 0 Å². The summed E-state index contributed by atoms with van der Waals surface area (Å²) in [6, 6.07) is 7.70. The van der Waals surface area contributed by atoms with Crippen molar-refractivity contribution >= 4 is 65.3 Å². The van der Waals surface area contributed by atoms with Crippen LogP contribution in [0.25, 0.3) is 10.8 Å². The van der Waals surface area contributed by atoms with Gasteiger partial charge in [-0.15, -0.1) is 5.39 Å². The van der Waals surface area contributed by atoms with E-state index in [0.717, 1.165) is 43.3 Å². The van der Waals surface area contributed by atoms with Gasteiger partial charge in [0, 0.05) is 35.0 Å². The largest absolute Gasteiger partial charge is 1.00 e. The molecule has 1 unspecified atom stereocenters. The molecule has 2 N–H and O–H groups in total. The summed E-state index contributed by atoms with van der Waals surface area (Å²) in [7, 11) is -10.0. The Hall–Kier alpha value is -0.480. The summed E-state index contributed by atoms with van der Waals surface area (Å²) < 4.78 is 94.7. The smallest absolute Gasteiger partial charge is 0.744 e. The van der Waals surface area contributed by atoms with Crippen LogP contribution in [-0.4, -0.2) is 45.7 Å². The van der Waals surface area contributed by atoms with Gasteiger partial charge in [-0.3, -0.25) is 4.79 Å². The Labute approximate surface area is 285 Å². The average Bonchev–Trinajstić information content (AvgIpc) is 2.70. The quantitative estimate of drug-likeness (QED) is 0.0838. The molecule has 0 fully saturated rings. The number of carbonyl (C=O) groups is 1. The molecule has 0 saturated heterocycles. The molecule has 38 heavy (non-hydrogen) atoms. The molecule has 1 amide bonds. The molecule has 0 aromatic heterocycles. The van der Waals surface area contributed by atoms with E-state index in [-0.39, 0.29) is 105 Å². The molecule has 0 radical (unpaired) electrons. The number of phenolic OH excluding ortho intramolecular Hbond substituents is 1. The Kier molecular flexibility index (Phi) is 14.8. The fraction of sp³-hybridized carbons (Fsp3) is 0.0556. The topological polar surface area (TPSA) is 238 Å². The minimum atomic E-state index is -5.09. The number of benzene rings is 3. The molecule has 0 aliphatic rings. The molecular weight excluding hydrogens is 599 g/mol. The number of hydrogen-bond donors (Lipinski definition) is 2. The van der Waals surface area contributed by atoms with Gasteiger partial charge in [-0.25, -0.2) is 21.0 Å². The Morgan fingerprint density at radius 2 is 1.68 bits per heavy atom. The first kappa shape index (κ1) is 37.5. The summed E-state index contributed by atoms with van der Waals surface area (Å²) in [4.78, 5) is 9.97. The number of hydrogen-bond acceptors (Lipinski definition) is 13. The number of phenols is 1. The van der Waals surface area contributed by atoms with Crippen molar-refractivity contribution in [2.24, 2.45) is 10.2 Å². The Balaban J connectivity index is 0.00000456. The predicted molar refractivity (Wildman–Crippen MR) is 115 cm³/mol. The molecule has 3 aromatic carbocycles. The van der Waals surface area contributed by atoms with Gasteiger partial charge in [0.15, 0.2) is 0 Å². The second-order valence-corrected chi connectivity index (χ2v) is 9.93. The van der Waals surface area contributed by atoms with Crippen LogP contribution in [0.4, 0.5) is 17.1 Å². The first-order valence-electron chi connectivity index (χ1n) is 8.91. The van der Waals surface area contributed by atoms with E-state index in [1.54, 1.807) is 0 Å².